The van der Waals surface area contributed by atoms with E-state index >= 15 is 0 Å². The number of benzene rings is 1. The van der Waals surface area contributed by atoms with Crippen molar-refractivity contribution in [1.29, 1.82) is 0 Å². The minimum absolute atomic E-state index is 0.0860. The van der Waals surface area contributed by atoms with Crippen LogP contribution in [0.15, 0.2) is 24.3 Å². The number of amides is 1. The zero-order valence-electron chi connectivity index (χ0n) is 10.1. The fraction of sp³-hybridized carbons (Fsp3) is 0.462. The third kappa shape index (κ3) is 2.58. The number of nitrogens with zero attached hydrogens (tertiary/aromatic N) is 1. The quantitative estimate of drug-likeness (QED) is 0.604. The van der Waals surface area contributed by atoms with Gasteiger partial charge >= 0.3 is 0 Å². The molecule has 0 spiro atoms. The minimum atomic E-state index is 0.0860. The first-order valence-electron chi connectivity index (χ1n) is 6.14. The van der Waals surface area contributed by atoms with Crippen LogP contribution in [-0.4, -0.2) is 23.4 Å². The maximum absolute atomic E-state index is 12.4. The number of carbonyl (C=O) groups excluding carboxylic acids is 1. The van der Waals surface area contributed by atoms with Gasteiger partial charge in [0, 0.05) is 12.6 Å². The Morgan fingerprint density at radius 3 is 2.76 bits per heavy atom. The molecule has 1 aromatic carbocycles. The number of hydrogen-bond donors (Lipinski definition) is 2. The molecule has 4 heteroatoms. The molecule has 1 amide bonds. The Bertz CT molecular complexity index is 401. The van der Waals surface area contributed by atoms with E-state index in [4.69, 9.17) is 5.84 Å². The normalized spacial score (nSPS) is 14.5. The Kier molecular flexibility index (Phi) is 3.64. The maximum Gasteiger partial charge on any atom is 0.256 e. The molecule has 0 aromatic heterocycles. The SMILES string of the molecule is CCCN(C(=O)c1ccccc1NN)C1CC1. The number of rotatable bonds is 5. The van der Waals surface area contributed by atoms with Crippen LogP contribution >= 0.6 is 0 Å². The van der Waals surface area contributed by atoms with Gasteiger partial charge < -0.3 is 10.3 Å². The lowest BCUT2D eigenvalue weighted by atomic mass is 10.1. The third-order valence-corrected chi connectivity index (χ3v) is 3.03. The highest BCUT2D eigenvalue weighted by Crippen LogP contribution is 2.29. The highest BCUT2D eigenvalue weighted by Gasteiger charge is 2.32. The summed E-state index contributed by atoms with van der Waals surface area (Å²) in [6.45, 7) is 2.91. The molecule has 0 bridgehead atoms. The summed E-state index contributed by atoms with van der Waals surface area (Å²) in [6.07, 6.45) is 3.24. The summed E-state index contributed by atoms with van der Waals surface area (Å²) >= 11 is 0. The predicted molar refractivity (Wildman–Crippen MR) is 68.6 cm³/mol. The van der Waals surface area contributed by atoms with Gasteiger partial charge in [0.25, 0.3) is 5.91 Å². The highest BCUT2D eigenvalue weighted by molar-refractivity contribution is 5.99. The molecule has 0 radical (unpaired) electrons. The molecule has 1 aromatic rings. The number of para-hydroxylation sites is 1. The second kappa shape index (κ2) is 5.19. The number of carbonyl (C=O) groups is 1. The van der Waals surface area contributed by atoms with Gasteiger partial charge in [0.05, 0.1) is 11.3 Å². The summed E-state index contributed by atoms with van der Waals surface area (Å²) in [5.41, 5.74) is 3.94. The van der Waals surface area contributed by atoms with E-state index in [9.17, 15) is 4.79 Å². The van der Waals surface area contributed by atoms with Crippen LogP contribution in [0.4, 0.5) is 5.69 Å². The molecule has 1 saturated carbocycles. The molecule has 92 valence electrons. The van der Waals surface area contributed by atoms with Gasteiger partial charge in [0.1, 0.15) is 0 Å². The Morgan fingerprint density at radius 2 is 2.18 bits per heavy atom. The van der Waals surface area contributed by atoms with Gasteiger partial charge in [-0.3, -0.25) is 10.6 Å². The Balaban J connectivity index is 2.21. The summed E-state index contributed by atoms with van der Waals surface area (Å²) in [4.78, 5) is 14.4. The lowest BCUT2D eigenvalue weighted by Crippen LogP contribution is -2.34. The maximum atomic E-state index is 12.4. The lowest BCUT2D eigenvalue weighted by Gasteiger charge is -2.22. The molecule has 17 heavy (non-hydrogen) atoms. The zero-order valence-corrected chi connectivity index (χ0v) is 10.1. The fourth-order valence-corrected chi connectivity index (χ4v) is 2.03. The molecule has 0 aliphatic heterocycles. The predicted octanol–water partition coefficient (Wildman–Crippen LogP) is 1.99. The van der Waals surface area contributed by atoms with Crippen LogP contribution in [0.2, 0.25) is 0 Å². The molecule has 1 aliphatic carbocycles. The molecule has 0 saturated heterocycles. The smallest absolute Gasteiger partial charge is 0.256 e. The van der Waals surface area contributed by atoms with E-state index in [1.807, 2.05) is 29.2 Å². The number of hydrazine groups is 1. The summed E-state index contributed by atoms with van der Waals surface area (Å²) in [6, 6.07) is 7.82. The summed E-state index contributed by atoms with van der Waals surface area (Å²) < 4.78 is 0. The van der Waals surface area contributed by atoms with Crippen LogP contribution < -0.4 is 11.3 Å². The number of anilines is 1. The van der Waals surface area contributed by atoms with Crippen LogP contribution in [0.1, 0.15) is 36.5 Å². The Labute approximate surface area is 102 Å². The molecule has 0 atom stereocenters. The number of hydrogen-bond acceptors (Lipinski definition) is 3. The van der Waals surface area contributed by atoms with E-state index < -0.39 is 0 Å². The number of nitrogens with two attached hydrogens (primary N) is 1. The zero-order chi connectivity index (χ0) is 12.3. The third-order valence-electron chi connectivity index (χ3n) is 3.03. The van der Waals surface area contributed by atoms with E-state index in [1.54, 1.807) is 0 Å². The molecular formula is C13H19N3O. The minimum Gasteiger partial charge on any atom is -0.336 e. The number of nitrogens with one attached hydrogen (secondary N) is 1. The van der Waals surface area contributed by atoms with Crippen LogP contribution in [0, 0.1) is 0 Å². The van der Waals surface area contributed by atoms with Crippen LogP contribution in [0.3, 0.4) is 0 Å². The van der Waals surface area contributed by atoms with Gasteiger partial charge in [0.2, 0.25) is 0 Å². The largest absolute Gasteiger partial charge is 0.336 e. The Hall–Kier alpha value is -1.55. The van der Waals surface area contributed by atoms with Gasteiger partial charge in [-0.2, -0.15) is 0 Å². The van der Waals surface area contributed by atoms with Gasteiger partial charge in [0.15, 0.2) is 0 Å². The van der Waals surface area contributed by atoms with E-state index in [1.165, 1.54) is 0 Å². The van der Waals surface area contributed by atoms with E-state index in [0.717, 1.165) is 25.8 Å². The molecule has 2 rings (SSSR count). The van der Waals surface area contributed by atoms with Crippen molar-refractivity contribution in [3.63, 3.8) is 0 Å². The molecule has 3 N–H and O–H groups in total. The average molecular weight is 233 g/mol. The van der Waals surface area contributed by atoms with Crippen molar-refractivity contribution in [2.24, 2.45) is 5.84 Å². The topological polar surface area (TPSA) is 58.4 Å². The summed E-state index contributed by atoms with van der Waals surface area (Å²) in [5.74, 6) is 5.52. The van der Waals surface area contributed by atoms with Crippen molar-refractivity contribution < 1.29 is 4.79 Å². The molecule has 0 unspecified atom stereocenters. The first kappa shape index (κ1) is 11.9. The van der Waals surface area contributed by atoms with Crippen LogP contribution in [0.25, 0.3) is 0 Å². The average Bonchev–Trinajstić information content (AvgIpc) is 3.19. The first-order chi connectivity index (χ1) is 8.27. The molecule has 4 nitrogen and oxygen atoms in total. The second-order valence-electron chi connectivity index (χ2n) is 4.42. The molecule has 1 fully saturated rings. The Morgan fingerprint density at radius 1 is 1.47 bits per heavy atom. The number of nitrogen functional groups attached to an aromatic ring is 1. The summed E-state index contributed by atoms with van der Waals surface area (Å²) in [5, 5.41) is 0. The van der Waals surface area contributed by atoms with Crippen molar-refractivity contribution in [3.05, 3.63) is 29.8 Å². The van der Waals surface area contributed by atoms with Gasteiger partial charge in [-0.05, 0) is 31.4 Å². The van der Waals surface area contributed by atoms with Gasteiger partial charge in [-0.25, -0.2) is 0 Å². The van der Waals surface area contributed by atoms with Crippen molar-refractivity contribution in [2.45, 2.75) is 32.2 Å². The fourth-order valence-electron chi connectivity index (χ4n) is 2.03. The highest BCUT2D eigenvalue weighted by atomic mass is 16.2. The van der Waals surface area contributed by atoms with E-state index in [2.05, 4.69) is 12.3 Å². The van der Waals surface area contributed by atoms with Crippen molar-refractivity contribution in [1.82, 2.24) is 4.90 Å². The lowest BCUT2D eigenvalue weighted by molar-refractivity contribution is 0.0744. The van der Waals surface area contributed by atoms with Gasteiger partial charge in [-0.1, -0.05) is 19.1 Å². The first-order valence-corrected chi connectivity index (χ1v) is 6.14. The molecule has 1 aliphatic rings. The second-order valence-corrected chi connectivity index (χ2v) is 4.42. The van der Waals surface area contributed by atoms with Gasteiger partial charge in [-0.15, -0.1) is 0 Å². The van der Waals surface area contributed by atoms with Crippen LogP contribution in [-0.2, 0) is 0 Å². The standard InChI is InChI=1S/C13H19N3O/c1-2-9-16(10-7-8-10)13(17)11-5-3-4-6-12(11)15-14/h3-6,10,15H,2,7-9,14H2,1H3. The molecular weight excluding hydrogens is 214 g/mol. The molecule has 0 heterocycles. The monoisotopic (exact) mass is 233 g/mol. The van der Waals surface area contributed by atoms with Crippen molar-refractivity contribution in [2.75, 3.05) is 12.0 Å². The van der Waals surface area contributed by atoms with Crippen molar-refractivity contribution >= 4 is 11.6 Å². The van der Waals surface area contributed by atoms with Crippen LogP contribution in [0.5, 0.6) is 0 Å². The van der Waals surface area contributed by atoms with Crippen molar-refractivity contribution in [3.8, 4) is 0 Å². The van der Waals surface area contributed by atoms with E-state index in [-0.39, 0.29) is 5.91 Å². The summed E-state index contributed by atoms with van der Waals surface area (Å²) in [7, 11) is 0. The van der Waals surface area contributed by atoms with E-state index in [0.29, 0.717) is 17.3 Å².